The van der Waals surface area contributed by atoms with Crippen LogP contribution in [-0.2, 0) is 11.8 Å². The maximum Gasteiger partial charge on any atom is 0.337 e. The molecule has 1 heterocycles. The monoisotopic (exact) mass is 326 g/mol. The van der Waals surface area contributed by atoms with Crippen molar-refractivity contribution in [3.05, 3.63) is 65.6 Å². The zero-order chi connectivity index (χ0) is 17.3. The number of hydrogen-bond acceptors (Lipinski definition) is 3. The summed E-state index contributed by atoms with van der Waals surface area (Å²) in [7, 11) is 2.99. The van der Waals surface area contributed by atoms with Gasteiger partial charge in [-0.2, -0.15) is 0 Å². The number of methoxy groups -OCH3 is 1. The minimum atomic E-state index is -0.488. The van der Waals surface area contributed by atoms with Crippen LogP contribution in [0.3, 0.4) is 0 Å². The fraction of sp³-hybridized carbons (Fsp3) is 0.111. The van der Waals surface area contributed by atoms with E-state index in [1.54, 1.807) is 41.9 Å². The van der Waals surface area contributed by atoms with Crippen LogP contribution in [0, 0.1) is 5.82 Å². The van der Waals surface area contributed by atoms with Gasteiger partial charge in [0.25, 0.3) is 5.91 Å². The van der Waals surface area contributed by atoms with E-state index in [2.05, 4.69) is 10.1 Å². The highest BCUT2D eigenvalue weighted by Crippen LogP contribution is 2.22. The summed E-state index contributed by atoms with van der Waals surface area (Å²) in [6.45, 7) is 0. The lowest BCUT2D eigenvalue weighted by Gasteiger charge is -2.08. The number of carbonyl (C=O) groups excluding carboxylic acids is 2. The highest BCUT2D eigenvalue weighted by Gasteiger charge is 2.16. The van der Waals surface area contributed by atoms with Crippen molar-refractivity contribution < 1.29 is 18.7 Å². The Labute approximate surface area is 137 Å². The summed E-state index contributed by atoms with van der Waals surface area (Å²) < 4.78 is 20.1. The van der Waals surface area contributed by atoms with Crippen LogP contribution in [0.5, 0.6) is 0 Å². The number of hydrogen-bond donors (Lipinski definition) is 1. The molecule has 3 aromatic rings. The van der Waals surface area contributed by atoms with E-state index < -0.39 is 11.9 Å². The third kappa shape index (κ3) is 2.74. The number of benzene rings is 2. The Morgan fingerprint density at radius 1 is 1.12 bits per heavy atom. The molecule has 24 heavy (non-hydrogen) atoms. The normalized spacial score (nSPS) is 10.6. The molecule has 0 spiro atoms. The number of carbonyl (C=O) groups is 2. The molecule has 1 N–H and O–H groups in total. The topological polar surface area (TPSA) is 60.3 Å². The van der Waals surface area contributed by atoms with Gasteiger partial charge in [-0.25, -0.2) is 9.18 Å². The van der Waals surface area contributed by atoms with Gasteiger partial charge in [-0.05, 0) is 36.4 Å². The second-order valence-corrected chi connectivity index (χ2v) is 5.29. The molecule has 0 bridgehead atoms. The summed E-state index contributed by atoms with van der Waals surface area (Å²) in [6, 6.07) is 12.6. The number of fused-ring (bicyclic) bond motifs is 1. The molecule has 0 atom stereocenters. The largest absolute Gasteiger partial charge is 0.465 e. The molecule has 6 heteroatoms. The fourth-order valence-electron chi connectivity index (χ4n) is 2.58. The van der Waals surface area contributed by atoms with Crippen LogP contribution in [0.25, 0.3) is 10.9 Å². The van der Waals surface area contributed by atoms with Crippen molar-refractivity contribution in [1.82, 2.24) is 4.57 Å². The van der Waals surface area contributed by atoms with Gasteiger partial charge in [0, 0.05) is 18.1 Å². The first kappa shape index (κ1) is 15.7. The lowest BCUT2D eigenvalue weighted by atomic mass is 10.2. The average molecular weight is 326 g/mol. The quantitative estimate of drug-likeness (QED) is 0.751. The van der Waals surface area contributed by atoms with E-state index in [1.165, 1.54) is 25.3 Å². The molecule has 0 radical (unpaired) electrons. The van der Waals surface area contributed by atoms with Crippen LogP contribution in [0.1, 0.15) is 20.8 Å². The van der Waals surface area contributed by atoms with Crippen LogP contribution < -0.4 is 5.32 Å². The fourth-order valence-corrected chi connectivity index (χ4v) is 2.58. The number of esters is 1. The van der Waals surface area contributed by atoms with Crippen LogP contribution in [-0.4, -0.2) is 23.6 Å². The maximum atomic E-state index is 13.9. The first-order chi connectivity index (χ1) is 11.5. The summed E-state index contributed by atoms with van der Waals surface area (Å²) in [5.41, 5.74) is 1.73. The van der Waals surface area contributed by atoms with Gasteiger partial charge in [-0.1, -0.05) is 12.1 Å². The van der Waals surface area contributed by atoms with Crippen LogP contribution in [0.4, 0.5) is 10.1 Å². The Hall–Kier alpha value is -3.15. The summed E-state index contributed by atoms with van der Waals surface area (Å²) in [5.74, 6) is -1.26. The summed E-state index contributed by atoms with van der Waals surface area (Å²) >= 11 is 0. The molecule has 0 saturated heterocycles. The van der Waals surface area contributed by atoms with Crippen molar-refractivity contribution in [3.8, 4) is 0 Å². The van der Waals surface area contributed by atoms with E-state index in [0.29, 0.717) is 27.8 Å². The van der Waals surface area contributed by atoms with Crippen molar-refractivity contribution in [2.75, 3.05) is 12.4 Å². The van der Waals surface area contributed by atoms with E-state index in [9.17, 15) is 14.0 Å². The summed E-state index contributed by atoms with van der Waals surface area (Å²) in [6.07, 6.45) is 0. The Bertz CT molecular complexity index is 947. The molecule has 0 saturated carbocycles. The van der Waals surface area contributed by atoms with Crippen molar-refractivity contribution >= 4 is 28.5 Å². The van der Waals surface area contributed by atoms with E-state index in [0.717, 1.165) is 0 Å². The lowest BCUT2D eigenvalue weighted by molar-refractivity contribution is 0.0600. The van der Waals surface area contributed by atoms with Gasteiger partial charge in [-0.3, -0.25) is 4.79 Å². The lowest BCUT2D eigenvalue weighted by Crippen LogP contribution is -2.15. The smallest absolute Gasteiger partial charge is 0.337 e. The number of aryl methyl sites for hydroxylation is 1. The highest BCUT2D eigenvalue weighted by atomic mass is 19.1. The zero-order valence-electron chi connectivity index (χ0n) is 13.2. The number of amides is 1. The second-order valence-electron chi connectivity index (χ2n) is 5.29. The van der Waals surface area contributed by atoms with E-state index in [4.69, 9.17) is 0 Å². The molecule has 1 amide bonds. The number of halogens is 1. The number of nitrogens with zero attached hydrogens (tertiary/aromatic N) is 1. The Morgan fingerprint density at radius 2 is 1.88 bits per heavy atom. The van der Waals surface area contributed by atoms with Gasteiger partial charge in [0.05, 0.1) is 18.2 Å². The Kier molecular flexibility index (Phi) is 4.04. The molecule has 0 aliphatic heterocycles. The summed E-state index contributed by atoms with van der Waals surface area (Å²) in [5, 5.41) is 3.09. The molecular formula is C18H15FN2O3. The van der Waals surface area contributed by atoms with Crippen LogP contribution >= 0.6 is 0 Å². The van der Waals surface area contributed by atoms with Gasteiger partial charge in [-0.15, -0.1) is 0 Å². The van der Waals surface area contributed by atoms with Gasteiger partial charge in [0.2, 0.25) is 0 Å². The van der Waals surface area contributed by atoms with Crippen molar-refractivity contribution in [2.45, 2.75) is 0 Å². The molecule has 0 unspecified atom stereocenters. The predicted molar refractivity (Wildman–Crippen MR) is 88.6 cm³/mol. The SMILES string of the molecule is COC(=O)c1cccc(NC(=O)c2cc3c(F)cccc3n2C)c1. The van der Waals surface area contributed by atoms with Crippen LogP contribution in [0.2, 0.25) is 0 Å². The van der Waals surface area contributed by atoms with Crippen LogP contribution in [0.15, 0.2) is 48.5 Å². The molecule has 1 aromatic heterocycles. The number of rotatable bonds is 3. The molecular weight excluding hydrogens is 311 g/mol. The molecule has 0 fully saturated rings. The molecule has 0 aliphatic carbocycles. The van der Waals surface area contributed by atoms with Gasteiger partial charge >= 0.3 is 5.97 Å². The standard InChI is InChI=1S/C18H15FN2O3/c1-21-15-8-4-7-14(19)13(15)10-16(21)17(22)20-12-6-3-5-11(9-12)18(23)24-2/h3-10H,1-2H3,(H,20,22). The first-order valence-electron chi connectivity index (χ1n) is 7.25. The average Bonchev–Trinajstić information content (AvgIpc) is 2.93. The zero-order valence-corrected chi connectivity index (χ0v) is 13.2. The predicted octanol–water partition coefficient (Wildman–Crippen LogP) is 3.36. The van der Waals surface area contributed by atoms with Gasteiger partial charge in [0.15, 0.2) is 0 Å². The highest BCUT2D eigenvalue weighted by molar-refractivity contribution is 6.06. The van der Waals surface area contributed by atoms with Gasteiger partial charge in [0.1, 0.15) is 11.5 Å². The first-order valence-corrected chi connectivity index (χ1v) is 7.25. The number of anilines is 1. The molecule has 3 rings (SSSR count). The number of nitrogens with one attached hydrogen (secondary N) is 1. The summed E-state index contributed by atoms with van der Waals surface area (Å²) in [4.78, 5) is 24.0. The Morgan fingerprint density at radius 3 is 2.58 bits per heavy atom. The minimum absolute atomic E-state index is 0.318. The van der Waals surface area contributed by atoms with Gasteiger partial charge < -0.3 is 14.6 Å². The number of ether oxygens (including phenoxy) is 1. The molecule has 5 nitrogen and oxygen atoms in total. The van der Waals surface area contributed by atoms with E-state index in [1.807, 2.05) is 0 Å². The second kappa shape index (κ2) is 6.16. The minimum Gasteiger partial charge on any atom is -0.465 e. The number of aromatic nitrogens is 1. The molecule has 2 aromatic carbocycles. The van der Waals surface area contributed by atoms with Crippen molar-refractivity contribution in [2.24, 2.45) is 7.05 Å². The maximum absolute atomic E-state index is 13.9. The third-order valence-electron chi connectivity index (χ3n) is 3.81. The van der Waals surface area contributed by atoms with Crippen molar-refractivity contribution in [1.29, 1.82) is 0 Å². The third-order valence-corrected chi connectivity index (χ3v) is 3.81. The molecule has 122 valence electrons. The Balaban J connectivity index is 1.92. The molecule has 0 aliphatic rings. The van der Waals surface area contributed by atoms with Crippen molar-refractivity contribution in [3.63, 3.8) is 0 Å². The van der Waals surface area contributed by atoms with E-state index >= 15 is 0 Å². The van der Waals surface area contributed by atoms with E-state index in [-0.39, 0.29) is 5.82 Å².